The minimum atomic E-state index is 0.483. The van der Waals surface area contributed by atoms with Crippen LogP contribution in [0.15, 0.2) is 48.5 Å². The molecule has 0 atom stereocenters. The molecule has 4 rings (SSSR count). The van der Waals surface area contributed by atoms with Crippen LogP contribution in [0.2, 0.25) is 20.1 Å². The average molecular weight is 424 g/mol. The molecule has 130 valence electrons. The zero-order chi connectivity index (χ0) is 18.3. The summed E-state index contributed by atoms with van der Waals surface area (Å²) >= 11 is 24.1. The molecule has 4 aromatic rings. The zero-order valence-electron chi connectivity index (χ0n) is 13.0. The van der Waals surface area contributed by atoms with Gasteiger partial charge in [0, 0.05) is 11.1 Å². The Morgan fingerprint density at radius 2 is 0.962 bits per heavy atom. The van der Waals surface area contributed by atoms with Crippen LogP contribution in [0.1, 0.15) is 0 Å². The molecule has 0 aliphatic rings. The van der Waals surface area contributed by atoms with Crippen LogP contribution in [0.25, 0.3) is 33.9 Å². The number of aromatic amines is 2. The quantitative estimate of drug-likeness (QED) is 0.383. The normalized spacial score (nSPS) is 11.1. The molecule has 2 aromatic heterocycles. The monoisotopic (exact) mass is 422 g/mol. The Bertz CT molecular complexity index is 1010. The molecule has 0 bridgehead atoms. The average Bonchev–Trinajstić information content (AvgIpc) is 3.29. The molecule has 2 heterocycles. The summed E-state index contributed by atoms with van der Waals surface area (Å²) in [6.07, 6.45) is 0. The predicted octanol–water partition coefficient (Wildman–Crippen LogP) is 6.75. The van der Waals surface area contributed by atoms with Crippen molar-refractivity contribution in [1.82, 2.24) is 20.4 Å². The van der Waals surface area contributed by atoms with Gasteiger partial charge in [-0.2, -0.15) is 10.2 Å². The molecule has 2 aromatic carbocycles. The first-order valence-electron chi connectivity index (χ1n) is 7.53. The smallest absolute Gasteiger partial charge is 0.0928 e. The Kier molecular flexibility index (Phi) is 4.67. The van der Waals surface area contributed by atoms with Gasteiger partial charge in [-0.1, -0.05) is 58.5 Å². The van der Waals surface area contributed by atoms with Crippen molar-refractivity contribution in [1.29, 1.82) is 0 Å². The fourth-order valence-electron chi connectivity index (χ4n) is 2.53. The van der Waals surface area contributed by atoms with Crippen molar-refractivity contribution < 1.29 is 0 Å². The Hall–Kier alpha value is -1.98. The first-order chi connectivity index (χ1) is 12.5. The molecule has 0 unspecified atom stereocenters. The van der Waals surface area contributed by atoms with Crippen LogP contribution in [-0.2, 0) is 0 Å². The van der Waals surface area contributed by atoms with Crippen LogP contribution in [0.4, 0.5) is 0 Å². The van der Waals surface area contributed by atoms with E-state index < -0.39 is 0 Å². The molecule has 0 amide bonds. The summed E-state index contributed by atoms with van der Waals surface area (Å²) in [5.41, 5.74) is 4.83. The number of rotatable bonds is 3. The largest absolute Gasteiger partial charge is 0.276 e. The summed E-state index contributed by atoms with van der Waals surface area (Å²) < 4.78 is 0. The Balaban J connectivity index is 1.65. The molecular formula is C18H10Cl4N4. The van der Waals surface area contributed by atoms with Gasteiger partial charge in [-0.3, -0.25) is 10.2 Å². The third kappa shape index (κ3) is 3.33. The highest BCUT2D eigenvalue weighted by molar-refractivity contribution is 6.42. The highest BCUT2D eigenvalue weighted by Gasteiger charge is 2.11. The number of hydrogen-bond donors (Lipinski definition) is 2. The van der Waals surface area contributed by atoms with E-state index in [1.54, 1.807) is 24.3 Å². The van der Waals surface area contributed by atoms with E-state index in [9.17, 15) is 0 Å². The minimum absolute atomic E-state index is 0.483. The van der Waals surface area contributed by atoms with Crippen molar-refractivity contribution in [3.63, 3.8) is 0 Å². The number of benzene rings is 2. The third-order valence-corrected chi connectivity index (χ3v) is 5.35. The van der Waals surface area contributed by atoms with Gasteiger partial charge in [0.1, 0.15) is 0 Å². The first kappa shape index (κ1) is 17.4. The van der Waals surface area contributed by atoms with Crippen molar-refractivity contribution >= 4 is 46.4 Å². The molecule has 26 heavy (non-hydrogen) atoms. The van der Waals surface area contributed by atoms with Crippen LogP contribution in [0.3, 0.4) is 0 Å². The molecule has 8 heteroatoms. The molecule has 4 nitrogen and oxygen atoms in total. The highest BCUT2D eigenvalue weighted by atomic mass is 35.5. The van der Waals surface area contributed by atoms with Gasteiger partial charge in [-0.25, -0.2) is 0 Å². The lowest BCUT2D eigenvalue weighted by Gasteiger charge is -1.99. The maximum atomic E-state index is 6.08. The lowest BCUT2D eigenvalue weighted by Crippen LogP contribution is -1.78. The second-order valence-corrected chi connectivity index (χ2v) is 7.22. The molecular weight excluding hydrogens is 414 g/mol. The number of halogens is 4. The maximum Gasteiger partial charge on any atom is 0.0928 e. The molecule has 0 aliphatic heterocycles. The summed E-state index contributed by atoms with van der Waals surface area (Å²) in [5, 5.41) is 16.6. The number of H-pyrrole nitrogens is 2. The van der Waals surface area contributed by atoms with E-state index in [0.29, 0.717) is 20.1 Å². The van der Waals surface area contributed by atoms with Gasteiger partial charge in [0.15, 0.2) is 0 Å². The van der Waals surface area contributed by atoms with Gasteiger partial charge in [-0.05, 0) is 36.4 Å². The Morgan fingerprint density at radius 3 is 1.35 bits per heavy atom. The van der Waals surface area contributed by atoms with Crippen molar-refractivity contribution in [2.45, 2.75) is 0 Å². The number of hydrogen-bond acceptors (Lipinski definition) is 2. The predicted molar refractivity (Wildman–Crippen MR) is 107 cm³/mol. The van der Waals surface area contributed by atoms with E-state index in [1.807, 2.05) is 24.3 Å². The Morgan fingerprint density at radius 1 is 0.538 bits per heavy atom. The van der Waals surface area contributed by atoms with Crippen molar-refractivity contribution in [3.05, 3.63) is 68.6 Å². The van der Waals surface area contributed by atoms with E-state index in [0.717, 1.165) is 33.9 Å². The van der Waals surface area contributed by atoms with E-state index in [2.05, 4.69) is 20.4 Å². The standard InChI is InChI=1S/C18H10Cl4N4/c19-11-3-1-9(5-13(11)21)15-7-17(25-23-15)18-8-16(24-26-18)10-2-4-12(20)14(22)6-10/h1-8H,(H,23,25)(H,24,26). The lowest BCUT2D eigenvalue weighted by atomic mass is 10.1. The van der Waals surface area contributed by atoms with Crippen LogP contribution >= 0.6 is 46.4 Å². The highest BCUT2D eigenvalue weighted by Crippen LogP contribution is 2.31. The van der Waals surface area contributed by atoms with E-state index in [-0.39, 0.29) is 0 Å². The molecule has 0 saturated carbocycles. The first-order valence-corrected chi connectivity index (χ1v) is 9.04. The number of aromatic nitrogens is 4. The van der Waals surface area contributed by atoms with Gasteiger partial charge in [0.25, 0.3) is 0 Å². The summed E-state index contributed by atoms with van der Waals surface area (Å²) in [4.78, 5) is 0. The molecule has 0 radical (unpaired) electrons. The molecule has 0 spiro atoms. The van der Waals surface area contributed by atoms with Gasteiger partial charge >= 0.3 is 0 Å². The van der Waals surface area contributed by atoms with Gasteiger partial charge in [0.2, 0.25) is 0 Å². The van der Waals surface area contributed by atoms with Gasteiger partial charge in [0.05, 0.1) is 42.9 Å². The SMILES string of the molecule is Clc1ccc(-c2cc(-c3cc(-c4ccc(Cl)c(Cl)c4)n[nH]3)[nH]n2)cc1Cl. The van der Waals surface area contributed by atoms with Crippen molar-refractivity contribution in [2.24, 2.45) is 0 Å². The van der Waals surface area contributed by atoms with Crippen molar-refractivity contribution in [2.75, 3.05) is 0 Å². The Labute approximate surface area is 169 Å². The van der Waals surface area contributed by atoms with Crippen LogP contribution in [0, 0.1) is 0 Å². The summed E-state index contributed by atoms with van der Waals surface area (Å²) in [5.74, 6) is 0. The van der Waals surface area contributed by atoms with E-state index >= 15 is 0 Å². The van der Waals surface area contributed by atoms with Crippen LogP contribution in [-0.4, -0.2) is 20.4 Å². The lowest BCUT2D eigenvalue weighted by molar-refractivity contribution is 1.06. The van der Waals surface area contributed by atoms with E-state index in [4.69, 9.17) is 46.4 Å². The van der Waals surface area contributed by atoms with Crippen LogP contribution in [0.5, 0.6) is 0 Å². The van der Waals surface area contributed by atoms with Gasteiger partial charge in [-0.15, -0.1) is 0 Å². The zero-order valence-corrected chi connectivity index (χ0v) is 16.0. The molecule has 2 N–H and O–H groups in total. The van der Waals surface area contributed by atoms with Crippen LogP contribution < -0.4 is 0 Å². The summed E-state index contributed by atoms with van der Waals surface area (Å²) in [6.45, 7) is 0. The summed E-state index contributed by atoms with van der Waals surface area (Å²) in [6, 6.07) is 14.6. The van der Waals surface area contributed by atoms with Crippen molar-refractivity contribution in [3.8, 4) is 33.9 Å². The number of nitrogens with one attached hydrogen (secondary N) is 2. The second-order valence-electron chi connectivity index (χ2n) is 5.59. The topological polar surface area (TPSA) is 57.4 Å². The summed E-state index contributed by atoms with van der Waals surface area (Å²) in [7, 11) is 0. The maximum absolute atomic E-state index is 6.08. The molecule has 0 saturated heterocycles. The second kappa shape index (κ2) is 6.97. The minimum Gasteiger partial charge on any atom is -0.276 e. The molecule has 0 aliphatic carbocycles. The fraction of sp³-hybridized carbons (Fsp3) is 0. The van der Waals surface area contributed by atoms with E-state index in [1.165, 1.54) is 0 Å². The third-order valence-electron chi connectivity index (χ3n) is 3.88. The number of nitrogens with zero attached hydrogens (tertiary/aromatic N) is 2. The van der Waals surface area contributed by atoms with Gasteiger partial charge < -0.3 is 0 Å². The molecule has 0 fully saturated rings. The fourth-order valence-corrected chi connectivity index (χ4v) is 3.12.